The molecule has 2 unspecified atom stereocenters. The van der Waals surface area contributed by atoms with Crippen LogP contribution < -0.4 is 5.32 Å². The fourth-order valence-electron chi connectivity index (χ4n) is 2.56. The minimum absolute atomic E-state index is 0.494. The zero-order valence-corrected chi connectivity index (χ0v) is 11.5. The highest BCUT2D eigenvalue weighted by Crippen LogP contribution is 2.25. The Kier molecular flexibility index (Phi) is 6.37. The van der Waals surface area contributed by atoms with Gasteiger partial charge in [0.2, 0.25) is 0 Å². The van der Waals surface area contributed by atoms with Crippen molar-refractivity contribution in [3.05, 3.63) is 0 Å². The highest BCUT2D eigenvalue weighted by atomic mass is 16.5. The molecular weight excluding hydrogens is 198 g/mol. The second kappa shape index (κ2) is 7.29. The fourth-order valence-corrected chi connectivity index (χ4v) is 2.56. The van der Waals surface area contributed by atoms with Crippen LogP contribution in [0.1, 0.15) is 53.4 Å². The van der Waals surface area contributed by atoms with Crippen molar-refractivity contribution in [2.75, 3.05) is 13.2 Å². The second-order valence-electron chi connectivity index (χ2n) is 5.51. The van der Waals surface area contributed by atoms with Gasteiger partial charge in [0.1, 0.15) is 0 Å². The van der Waals surface area contributed by atoms with E-state index in [0.29, 0.717) is 12.1 Å². The number of nitrogens with one attached hydrogen (secondary N) is 1. The SMILES string of the molecule is CCC(CC)C1CC(NCC(C)C)CCO1. The monoisotopic (exact) mass is 227 g/mol. The smallest absolute Gasteiger partial charge is 0.0617 e. The van der Waals surface area contributed by atoms with Crippen LogP contribution in [-0.2, 0) is 4.74 Å². The zero-order chi connectivity index (χ0) is 12.0. The molecule has 1 heterocycles. The number of hydrogen-bond donors (Lipinski definition) is 1. The molecule has 0 bridgehead atoms. The topological polar surface area (TPSA) is 21.3 Å². The van der Waals surface area contributed by atoms with Crippen LogP contribution in [0.4, 0.5) is 0 Å². The van der Waals surface area contributed by atoms with Gasteiger partial charge in [0.25, 0.3) is 0 Å². The van der Waals surface area contributed by atoms with Gasteiger partial charge in [-0.3, -0.25) is 0 Å². The molecule has 1 saturated heterocycles. The first-order valence-electron chi connectivity index (χ1n) is 7.02. The van der Waals surface area contributed by atoms with Gasteiger partial charge in [0.05, 0.1) is 6.10 Å². The standard InChI is InChI=1S/C14H29NO/c1-5-12(6-2)14-9-13(7-8-16-14)15-10-11(3)4/h11-15H,5-10H2,1-4H3. The first-order valence-corrected chi connectivity index (χ1v) is 7.02. The molecule has 16 heavy (non-hydrogen) atoms. The van der Waals surface area contributed by atoms with Crippen molar-refractivity contribution < 1.29 is 4.74 Å². The van der Waals surface area contributed by atoms with Crippen molar-refractivity contribution in [2.45, 2.75) is 65.5 Å². The van der Waals surface area contributed by atoms with E-state index >= 15 is 0 Å². The molecule has 0 aromatic heterocycles. The Labute approximate surface area is 101 Å². The van der Waals surface area contributed by atoms with Crippen molar-refractivity contribution in [3.8, 4) is 0 Å². The van der Waals surface area contributed by atoms with Crippen LogP contribution in [0.5, 0.6) is 0 Å². The molecule has 0 spiro atoms. The van der Waals surface area contributed by atoms with Crippen LogP contribution in [0.2, 0.25) is 0 Å². The summed E-state index contributed by atoms with van der Waals surface area (Å²) in [5.74, 6) is 1.50. The molecule has 0 saturated carbocycles. The van der Waals surface area contributed by atoms with Crippen molar-refractivity contribution in [2.24, 2.45) is 11.8 Å². The maximum atomic E-state index is 5.92. The molecule has 96 valence electrons. The lowest BCUT2D eigenvalue weighted by Gasteiger charge is -2.34. The van der Waals surface area contributed by atoms with Crippen molar-refractivity contribution in [1.29, 1.82) is 0 Å². The molecular formula is C14H29NO. The highest BCUT2D eigenvalue weighted by Gasteiger charge is 2.27. The quantitative estimate of drug-likeness (QED) is 0.752. The van der Waals surface area contributed by atoms with E-state index in [0.717, 1.165) is 25.0 Å². The van der Waals surface area contributed by atoms with Gasteiger partial charge < -0.3 is 10.1 Å². The molecule has 1 aliphatic rings. The molecule has 1 N–H and O–H groups in total. The Morgan fingerprint density at radius 3 is 2.50 bits per heavy atom. The lowest BCUT2D eigenvalue weighted by atomic mass is 9.89. The molecule has 2 heteroatoms. The van der Waals surface area contributed by atoms with Crippen molar-refractivity contribution in [3.63, 3.8) is 0 Å². The van der Waals surface area contributed by atoms with Gasteiger partial charge in [-0.2, -0.15) is 0 Å². The first kappa shape index (κ1) is 14.0. The van der Waals surface area contributed by atoms with Crippen molar-refractivity contribution in [1.82, 2.24) is 5.32 Å². The Balaban J connectivity index is 2.34. The van der Waals surface area contributed by atoms with Crippen LogP contribution >= 0.6 is 0 Å². The van der Waals surface area contributed by atoms with E-state index in [9.17, 15) is 0 Å². The molecule has 2 nitrogen and oxygen atoms in total. The van der Waals surface area contributed by atoms with E-state index in [4.69, 9.17) is 4.74 Å². The summed E-state index contributed by atoms with van der Waals surface area (Å²) < 4.78 is 5.92. The molecule has 1 fully saturated rings. The third-order valence-corrected chi connectivity index (χ3v) is 3.70. The number of ether oxygens (including phenoxy) is 1. The third kappa shape index (κ3) is 4.42. The minimum atomic E-state index is 0.494. The summed E-state index contributed by atoms with van der Waals surface area (Å²) in [6, 6.07) is 0.682. The van der Waals surface area contributed by atoms with E-state index in [1.807, 2.05) is 0 Å². The van der Waals surface area contributed by atoms with Crippen LogP contribution in [0.15, 0.2) is 0 Å². The average molecular weight is 227 g/mol. The van der Waals surface area contributed by atoms with Crippen LogP contribution in [0, 0.1) is 11.8 Å². The second-order valence-corrected chi connectivity index (χ2v) is 5.51. The highest BCUT2D eigenvalue weighted by molar-refractivity contribution is 4.80. The maximum Gasteiger partial charge on any atom is 0.0617 e. The van der Waals surface area contributed by atoms with E-state index in [2.05, 4.69) is 33.0 Å². The summed E-state index contributed by atoms with van der Waals surface area (Å²) in [5, 5.41) is 3.67. The Morgan fingerprint density at radius 1 is 1.25 bits per heavy atom. The summed E-state index contributed by atoms with van der Waals surface area (Å²) >= 11 is 0. The third-order valence-electron chi connectivity index (χ3n) is 3.70. The Hall–Kier alpha value is -0.0800. The lowest BCUT2D eigenvalue weighted by Crippen LogP contribution is -2.42. The van der Waals surface area contributed by atoms with E-state index < -0.39 is 0 Å². The molecule has 1 rings (SSSR count). The van der Waals surface area contributed by atoms with Crippen LogP contribution in [0.25, 0.3) is 0 Å². The Bertz CT molecular complexity index is 178. The number of hydrogen-bond acceptors (Lipinski definition) is 2. The summed E-state index contributed by atoms with van der Waals surface area (Å²) in [6.45, 7) is 11.2. The summed E-state index contributed by atoms with van der Waals surface area (Å²) in [7, 11) is 0. The summed E-state index contributed by atoms with van der Waals surface area (Å²) in [4.78, 5) is 0. The van der Waals surface area contributed by atoms with Crippen LogP contribution in [-0.4, -0.2) is 25.3 Å². The molecule has 0 aromatic rings. The van der Waals surface area contributed by atoms with Gasteiger partial charge >= 0.3 is 0 Å². The molecule has 0 radical (unpaired) electrons. The fraction of sp³-hybridized carbons (Fsp3) is 1.00. The minimum Gasteiger partial charge on any atom is -0.378 e. The normalized spacial score (nSPS) is 26.6. The van der Waals surface area contributed by atoms with Gasteiger partial charge in [-0.1, -0.05) is 40.5 Å². The molecule has 0 aromatic carbocycles. The molecule has 0 aliphatic carbocycles. The zero-order valence-electron chi connectivity index (χ0n) is 11.5. The van der Waals surface area contributed by atoms with E-state index in [-0.39, 0.29) is 0 Å². The molecule has 2 atom stereocenters. The van der Waals surface area contributed by atoms with Crippen LogP contribution in [0.3, 0.4) is 0 Å². The average Bonchev–Trinajstić information content (AvgIpc) is 2.29. The summed E-state index contributed by atoms with van der Waals surface area (Å²) in [6.07, 6.45) is 5.38. The van der Waals surface area contributed by atoms with Gasteiger partial charge in [0.15, 0.2) is 0 Å². The summed E-state index contributed by atoms with van der Waals surface area (Å²) in [5.41, 5.74) is 0. The maximum absolute atomic E-state index is 5.92. The van der Waals surface area contributed by atoms with Gasteiger partial charge in [-0.15, -0.1) is 0 Å². The molecule has 0 amide bonds. The van der Waals surface area contributed by atoms with Gasteiger partial charge in [-0.05, 0) is 31.2 Å². The van der Waals surface area contributed by atoms with Gasteiger partial charge in [0, 0.05) is 12.6 Å². The first-order chi connectivity index (χ1) is 7.67. The molecule has 1 aliphatic heterocycles. The number of rotatable bonds is 6. The van der Waals surface area contributed by atoms with Gasteiger partial charge in [-0.25, -0.2) is 0 Å². The van der Waals surface area contributed by atoms with E-state index in [1.54, 1.807) is 0 Å². The largest absolute Gasteiger partial charge is 0.378 e. The Morgan fingerprint density at radius 2 is 1.94 bits per heavy atom. The lowest BCUT2D eigenvalue weighted by molar-refractivity contribution is -0.0350. The van der Waals surface area contributed by atoms with E-state index in [1.165, 1.54) is 25.7 Å². The van der Waals surface area contributed by atoms with Crippen molar-refractivity contribution >= 4 is 0 Å². The predicted molar refractivity (Wildman–Crippen MR) is 69.7 cm³/mol. The predicted octanol–water partition coefficient (Wildman–Crippen LogP) is 3.22.